The SMILES string of the molecule is CN(C)C(=O)N1CCCC(C(=O)NNC(=O)c2cccs2)C1. The Labute approximate surface area is 133 Å². The van der Waals surface area contributed by atoms with Crippen LogP contribution in [0.25, 0.3) is 0 Å². The largest absolute Gasteiger partial charge is 0.331 e. The number of carbonyl (C=O) groups is 3. The minimum atomic E-state index is -0.333. The molecule has 0 aliphatic carbocycles. The van der Waals surface area contributed by atoms with Gasteiger partial charge in [-0.2, -0.15) is 0 Å². The molecule has 1 unspecified atom stereocenters. The Kier molecular flexibility index (Phi) is 5.37. The van der Waals surface area contributed by atoms with Crippen molar-refractivity contribution in [2.24, 2.45) is 5.92 Å². The Morgan fingerprint density at radius 2 is 2.09 bits per heavy atom. The van der Waals surface area contributed by atoms with Crippen molar-refractivity contribution in [3.63, 3.8) is 0 Å². The van der Waals surface area contributed by atoms with Crippen LogP contribution in [0.1, 0.15) is 22.5 Å². The average Bonchev–Trinajstić information content (AvgIpc) is 3.06. The molecule has 0 radical (unpaired) electrons. The molecule has 1 aliphatic heterocycles. The van der Waals surface area contributed by atoms with Crippen LogP contribution in [0.3, 0.4) is 0 Å². The zero-order valence-electron chi connectivity index (χ0n) is 12.7. The number of nitrogens with one attached hydrogen (secondary N) is 2. The van der Waals surface area contributed by atoms with Crippen molar-refractivity contribution >= 4 is 29.2 Å². The highest BCUT2D eigenvalue weighted by Gasteiger charge is 2.29. The van der Waals surface area contributed by atoms with Crippen LogP contribution >= 0.6 is 11.3 Å². The first-order valence-corrected chi connectivity index (χ1v) is 7.97. The fourth-order valence-electron chi connectivity index (χ4n) is 2.34. The average molecular weight is 324 g/mol. The molecule has 120 valence electrons. The van der Waals surface area contributed by atoms with Crippen molar-refractivity contribution in [1.82, 2.24) is 20.7 Å². The smallest absolute Gasteiger partial charge is 0.319 e. The summed E-state index contributed by atoms with van der Waals surface area (Å²) >= 11 is 1.30. The molecule has 0 spiro atoms. The molecule has 2 rings (SSSR count). The van der Waals surface area contributed by atoms with E-state index in [2.05, 4.69) is 10.9 Å². The predicted octanol–water partition coefficient (Wildman–Crippen LogP) is 0.903. The fourth-order valence-corrected chi connectivity index (χ4v) is 2.96. The maximum atomic E-state index is 12.1. The second-order valence-electron chi connectivity index (χ2n) is 5.38. The minimum Gasteiger partial charge on any atom is -0.331 e. The maximum Gasteiger partial charge on any atom is 0.319 e. The summed E-state index contributed by atoms with van der Waals surface area (Å²) in [6, 6.07) is 3.36. The normalized spacial score (nSPS) is 17.7. The van der Waals surface area contributed by atoms with Crippen LogP contribution in [0.15, 0.2) is 17.5 Å². The van der Waals surface area contributed by atoms with Gasteiger partial charge >= 0.3 is 6.03 Å². The van der Waals surface area contributed by atoms with E-state index in [1.54, 1.807) is 36.5 Å². The molecule has 0 saturated carbocycles. The number of hydrazine groups is 1. The quantitative estimate of drug-likeness (QED) is 0.793. The van der Waals surface area contributed by atoms with Gasteiger partial charge in [-0.05, 0) is 24.3 Å². The maximum absolute atomic E-state index is 12.1. The van der Waals surface area contributed by atoms with Gasteiger partial charge in [0.05, 0.1) is 10.8 Å². The molecule has 2 N–H and O–H groups in total. The number of thiophene rings is 1. The van der Waals surface area contributed by atoms with Gasteiger partial charge in [0.15, 0.2) is 0 Å². The van der Waals surface area contributed by atoms with E-state index in [-0.39, 0.29) is 23.8 Å². The van der Waals surface area contributed by atoms with Gasteiger partial charge in [-0.3, -0.25) is 20.4 Å². The summed E-state index contributed by atoms with van der Waals surface area (Å²) < 4.78 is 0. The summed E-state index contributed by atoms with van der Waals surface area (Å²) in [6.45, 7) is 1.03. The standard InChI is InChI=1S/C14H20N4O3S/c1-17(2)14(21)18-7-3-5-10(9-18)12(19)15-16-13(20)11-6-4-8-22-11/h4,6,8,10H,3,5,7,9H2,1-2H3,(H,15,19)(H,16,20). The van der Waals surface area contributed by atoms with Crippen LogP contribution < -0.4 is 10.9 Å². The molecular weight excluding hydrogens is 304 g/mol. The first kappa shape index (κ1) is 16.3. The fraction of sp³-hybridized carbons (Fsp3) is 0.500. The summed E-state index contributed by atoms with van der Waals surface area (Å²) in [7, 11) is 3.38. The molecule has 1 atom stereocenters. The Morgan fingerprint density at radius 1 is 1.32 bits per heavy atom. The Balaban J connectivity index is 1.84. The van der Waals surface area contributed by atoms with Gasteiger partial charge in [0.2, 0.25) is 5.91 Å². The third-order valence-electron chi connectivity index (χ3n) is 3.49. The number of urea groups is 1. The third kappa shape index (κ3) is 3.97. The van der Waals surface area contributed by atoms with E-state index in [0.717, 1.165) is 6.42 Å². The van der Waals surface area contributed by atoms with Crippen molar-refractivity contribution in [2.45, 2.75) is 12.8 Å². The summed E-state index contributed by atoms with van der Waals surface area (Å²) in [5, 5.41) is 1.79. The Morgan fingerprint density at radius 3 is 2.73 bits per heavy atom. The third-order valence-corrected chi connectivity index (χ3v) is 4.36. The lowest BCUT2D eigenvalue weighted by Crippen LogP contribution is -2.51. The van der Waals surface area contributed by atoms with E-state index in [9.17, 15) is 14.4 Å². The number of nitrogens with zero attached hydrogens (tertiary/aromatic N) is 2. The van der Waals surface area contributed by atoms with Crippen molar-refractivity contribution in [2.75, 3.05) is 27.2 Å². The molecule has 1 fully saturated rings. The van der Waals surface area contributed by atoms with Crippen molar-refractivity contribution in [1.29, 1.82) is 0 Å². The molecule has 1 aromatic rings. The van der Waals surface area contributed by atoms with E-state index in [1.807, 2.05) is 0 Å². The number of carbonyl (C=O) groups excluding carboxylic acids is 3. The van der Waals surface area contributed by atoms with E-state index < -0.39 is 0 Å². The second kappa shape index (κ2) is 7.26. The molecule has 2 heterocycles. The summed E-state index contributed by atoms with van der Waals surface area (Å²) in [5.74, 6) is -0.900. The monoisotopic (exact) mass is 324 g/mol. The van der Waals surface area contributed by atoms with Crippen LogP contribution in [0, 0.1) is 5.92 Å². The summed E-state index contributed by atoms with van der Waals surface area (Å²) in [6.07, 6.45) is 1.48. The molecule has 4 amide bonds. The van der Waals surface area contributed by atoms with Crippen molar-refractivity contribution in [3.8, 4) is 0 Å². The Bertz CT molecular complexity index is 544. The van der Waals surface area contributed by atoms with Gasteiger partial charge < -0.3 is 9.80 Å². The molecule has 7 nitrogen and oxygen atoms in total. The van der Waals surface area contributed by atoms with Gasteiger partial charge in [0, 0.05) is 27.2 Å². The molecule has 1 aliphatic rings. The highest BCUT2D eigenvalue weighted by Crippen LogP contribution is 2.17. The lowest BCUT2D eigenvalue weighted by Gasteiger charge is -2.33. The zero-order valence-corrected chi connectivity index (χ0v) is 13.5. The van der Waals surface area contributed by atoms with Crippen LogP contribution in [0.2, 0.25) is 0 Å². The van der Waals surface area contributed by atoms with Gasteiger partial charge in [-0.25, -0.2) is 4.79 Å². The zero-order chi connectivity index (χ0) is 16.1. The molecule has 8 heteroatoms. The van der Waals surface area contributed by atoms with Gasteiger partial charge in [-0.15, -0.1) is 11.3 Å². The lowest BCUT2D eigenvalue weighted by molar-refractivity contribution is -0.127. The van der Waals surface area contributed by atoms with E-state index in [1.165, 1.54) is 16.2 Å². The number of rotatable bonds is 2. The van der Waals surface area contributed by atoms with E-state index >= 15 is 0 Å². The van der Waals surface area contributed by atoms with Crippen LogP contribution in [0.4, 0.5) is 4.79 Å². The van der Waals surface area contributed by atoms with Crippen molar-refractivity contribution in [3.05, 3.63) is 22.4 Å². The van der Waals surface area contributed by atoms with Crippen LogP contribution in [-0.4, -0.2) is 54.8 Å². The van der Waals surface area contributed by atoms with Gasteiger partial charge in [0.1, 0.15) is 0 Å². The predicted molar refractivity (Wildman–Crippen MR) is 83.3 cm³/mol. The van der Waals surface area contributed by atoms with E-state index in [4.69, 9.17) is 0 Å². The molecule has 22 heavy (non-hydrogen) atoms. The second-order valence-corrected chi connectivity index (χ2v) is 6.33. The first-order chi connectivity index (χ1) is 10.5. The number of hydrogen-bond acceptors (Lipinski definition) is 4. The minimum absolute atomic E-state index is 0.0971. The molecule has 1 saturated heterocycles. The number of likely N-dealkylation sites (tertiary alicyclic amines) is 1. The highest BCUT2D eigenvalue weighted by molar-refractivity contribution is 7.12. The van der Waals surface area contributed by atoms with Gasteiger partial charge in [-0.1, -0.05) is 6.07 Å². The Hall–Kier alpha value is -2.09. The number of piperidine rings is 1. The van der Waals surface area contributed by atoms with Crippen molar-refractivity contribution < 1.29 is 14.4 Å². The lowest BCUT2D eigenvalue weighted by atomic mass is 9.97. The van der Waals surface area contributed by atoms with Crippen LogP contribution in [-0.2, 0) is 4.79 Å². The molecule has 0 aromatic carbocycles. The van der Waals surface area contributed by atoms with E-state index in [0.29, 0.717) is 24.4 Å². The molecular formula is C14H20N4O3S. The topological polar surface area (TPSA) is 81.8 Å². The number of amides is 4. The highest BCUT2D eigenvalue weighted by atomic mass is 32.1. The van der Waals surface area contributed by atoms with Crippen LogP contribution in [0.5, 0.6) is 0 Å². The molecule has 1 aromatic heterocycles. The summed E-state index contributed by atoms with van der Waals surface area (Å²) in [4.78, 5) is 39.5. The summed E-state index contributed by atoms with van der Waals surface area (Å²) in [5.41, 5.74) is 4.85. The number of hydrogen-bond donors (Lipinski definition) is 2. The molecule has 0 bridgehead atoms. The van der Waals surface area contributed by atoms with Gasteiger partial charge in [0.25, 0.3) is 5.91 Å². The first-order valence-electron chi connectivity index (χ1n) is 7.09.